The van der Waals surface area contributed by atoms with Crippen LogP contribution in [-0.4, -0.2) is 51.8 Å². The molecule has 5 aromatic rings. The molecule has 206 valence electrons. The monoisotopic (exact) mass is 550 g/mol. The summed E-state index contributed by atoms with van der Waals surface area (Å²) in [6, 6.07) is 6.80. The van der Waals surface area contributed by atoms with Crippen LogP contribution in [0.5, 0.6) is 5.88 Å². The van der Waals surface area contributed by atoms with Crippen LogP contribution in [0.2, 0.25) is 0 Å². The van der Waals surface area contributed by atoms with E-state index in [0.29, 0.717) is 52.3 Å². The smallest absolute Gasteiger partial charge is 0.453 e. The second-order valence-corrected chi connectivity index (χ2v) is 9.76. The Morgan fingerprint density at radius 3 is 2.52 bits per heavy atom. The predicted molar refractivity (Wildman–Crippen MR) is 139 cm³/mol. The number of aromatic nitrogens is 9. The normalized spacial score (nSPS) is 13.8. The fourth-order valence-electron chi connectivity index (χ4n) is 4.44. The van der Waals surface area contributed by atoms with Crippen molar-refractivity contribution in [2.24, 2.45) is 0 Å². The van der Waals surface area contributed by atoms with E-state index in [1.807, 2.05) is 12.1 Å². The van der Waals surface area contributed by atoms with Gasteiger partial charge in [-0.3, -0.25) is 0 Å². The lowest BCUT2D eigenvalue weighted by atomic mass is 10.1. The van der Waals surface area contributed by atoms with Gasteiger partial charge in [-0.25, -0.2) is 34.6 Å². The molecule has 6 rings (SSSR count). The number of anilines is 1. The molecule has 0 spiro atoms. The van der Waals surface area contributed by atoms with Crippen molar-refractivity contribution in [3.63, 3.8) is 0 Å². The summed E-state index contributed by atoms with van der Waals surface area (Å²) in [7, 11) is 1.55. The van der Waals surface area contributed by atoms with Crippen molar-refractivity contribution in [3.8, 4) is 28.7 Å². The Labute approximate surface area is 226 Å². The summed E-state index contributed by atoms with van der Waals surface area (Å²) < 4.78 is 46.5. The predicted octanol–water partition coefficient (Wildman–Crippen LogP) is 5.17. The highest BCUT2D eigenvalue weighted by Crippen LogP contribution is 2.45. The summed E-state index contributed by atoms with van der Waals surface area (Å²) in [4.78, 5) is 29.3. The van der Waals surface area contributed by atoms with E-state index in [1.165, 1.54) is 11.0 Å². The number of fused-ring (bicyclic) bond motifs is 1. The van der Waals surface area contributed by atoms with Gasteiger partial charge in [0.25, 0.3) is 5.82 Å². The number of alkyl halides is 3. The first-order chi connectivity index (χ1) is 19.2. The largest absolute Gasteiger partial charge is 0.480 e. The molecule has 4 aromatic heterocycles. The summed E-state index contributed by atoms with van der Waals surface area (Å²) in [6.45, 7) is 3.90. The van der Waals surface area contributed by atoms with Crippen molar-refractivity contribution in [2.45, 2.75) is 51.4 Å². The Kier molecular flexibility index (Phi) is 6.31. The minimum Gasteiger partial charge on any atom is -0.480 e. The highest BCUT2D eigenvalue weighted by atomic mass is 19.4. The summed E-state index contributed by atoms with van der Waals surface area (Å²) in [5.41, 5.74) is 4.02. The first-order valence-electron chi connectivity index (χ1n) is 12.7. The third kappa shape index (κ3) is 4.80. The molecule has 0 unspecified atom stereocenters. The fourth-order valence-corrected chi connectivity index (χ4v) is 4.44. The van der Waals surface area contributed by atoms with Gasteiger partial charge in [0, 0.05) is 24.1 Å². The maximum Gasteiger partial charge on any atom is 0.453 e. The molecule has 40 heavy (non-hydrogen) atoms. The number of hydrogen-bond acceptors (Lipinski definition) is 9. The van der Waals surface area contributed by atoms with Crippen molar-refractivity contribution >= 4 is 17.0 Å². The Bertz CT molecular complexity index is 1670. The first kappa shape index (κ1) is 25.6. The number of nitrogens with one attached hydrogen (secondary N) is 2. The van der Waals surface area contributed by atoms with E-state index < -0.39 is 12.0 Å². The molecule has 0 saturated heterocycles. The Morgan fingerprint density at radius 2 is 1.85 bits per heavy atom. The van der Waals surface area contributed by atoms with Gasteiger partial charge in [-0.2, -0.15) is 13.2 Å². The zero-order chi connectivity index (χ0) is 28.0. The molecule has 0 bridgehead atoms. The van der Waals surface area contributed by atoms with Gasteiger partial charge in [0.1, 0.15) is 17.4 Å². The minimum absolute atomic E-state index is 0.159. The molecule has 0 amide bonds. The molecule has 11 nitrogen and oxygen atoms in total. The molecule has 14 heteroatoms. The van der Waals surface area contributed by atoms with Crippen LogP contribution < -0.4 is 10.1 Å². The molecule has 0 aliphatic heterocycles. The number of aromatic amines is 1. The van der Waals surface area contributed by atoms with Gasteiger partial charge in [-0.05, 0) is 32.3 Å². The van der Waals surface area contributed by atoms with Gasteiger partial charge in [-0.1, -0.05) is 24.3 Å². The Hall–Kier alpha value is -4.62. The number of methoxy groups -OCH3 is 1. The average Bonchev–Trinajstić information content (AvgIpc) is 3.48. The maximum absolute atomic E-state index is 13.2. The van der Waals surface area contributed by atoms with E-state index in [4.69, 9.17) is 9.72 Å². The van der Waals surface area contributed by atoms with E-state index in [2.05, 4.69) is 40.3 Å². The Balaban J connectivity index is 1.29. The molecule has 0 radical (unpaired) electrons. The van der Waals surface area contributed by atoms with Crippen LogP contribution in [0.15, 0.2) is 36.9 Å². The van der Waals surface area contributed by atoms with E-state index in [0.717, 1.165) is 24.1 Å². The summed E-state index contributed by atoms with van der Waals surface area (Å²) >= 11 is 0. The number of imidazole rings is 1. The number of ether oxygens (including phenoxy) is 1. The van der Waals surface area contributed by atoms with Crippen molar-refractivity contribution in [1.29, 1.82) is 0 Å². The Morgan fingerprint density at radius 1 is 1.07 bits per heavy atom. The zero-order valence-electron chi connectivity index (χ0n) is 21.9. The molecular formula is C26H25F3N10O. The van der Waals surface area contributed by atoms with Crippen LogP contribution in [0.25, 0.3) is 33.9 Å². The van der Waals surface area contributed by atoms with Crippen molar-refractivity contribution in [1.82, 2.24) is 44.7 Å². The van der Waals surface area contributed by atoms with Crippen LogP contribution in [0.4, 0.5) is 19.0 Å². The third-order valence-electron chi connectivity index (χ3n) is 6.55. The van der Waals surface area contributed by atoms with Crippen molar-refractivity contribution in [3.05, 3.63) is 54.0 Å². The SMILES string of the molecule is COc1ncnc(C2CC2)c1-c1nc(NCc2ccc(-c3nc(C(F)(F)F)nn3C(C)C)cc2)c2[nH]cnc2n1. The lowest BCUT2D eigenvalue weighted by Crippen LogP contribution is -2.10. The molecule has 1 saturated carbocycles. The van der Waals surface area contributed by atoms with Crippen LogP contribution in [0.1, 0.15) is 55.7 Å². The first-order valence-corrected chi connectivity index (χ1v) is 12.7. The number of rotatable bonds is 8. The number of hydrogen-bond donors (Lipinski definition) is 2. The summed E-state index contributed by atoms with van der Waals surface area (Å²) in [5, 5.41) is 7.00. The molecule has 1 fully saturated rings. The van der Waals surface area contributed by atoms with Crippen molar-refractivity contribution in [2.75, 3.05) is 12.4 Å². The molecule has 0 atom stereocenters. The van der Waals surface area contributed by atoms with Crippen LogP contribution in [0.3, 0.4) is 0 Å². The topological polar surface area (TPSA) is 132 Å². The lowest BCUT2D eigenvalue weighted by molar-refractivity contribution is -0.145. The number of H-pyrrole nitrogens is 1. The maximum atomic E-state index is 13.2. The van der Waals surface area contributed by atoms with E-state index in [9.17, 15) is 13.2 Å². The highest BCUT2D eigenvalue weighted by molar-refractivity contribution is 5.85. The molecule has 2 N–H and O–H groups in total. The molecule has 1 aliphatic rings. The lowest BCUT2D eigenvalue weighted by Gasteiger charge is -2.13. The summed E-state index contributed by atoms with van der Waals surface area (Å²) in [5.74, 6) is 0.654. The molecule has 4 heterocycles. The number of benzene rings is 1. The number of nitrogens with zero attached hydrogens (tertiary/aromatic N) is 8. The average molecular weight is 551 g/mol. The fraction of sp³-hybridized carbons (Fsp3) is 0.346. The molecule has 1 aliphatic carbocycles. The highest BCUT2D eigenvalue weighted by Gasteiger charge is 2.37. The zero-order valence-corrected chi connectivity index (χ0v) is 21.9. The van der Waals surface area contributed by atoms with Gasteiger partial charge in [0.2, 0.25) is 5.88 Å². The van der Waals surface area contributed by atoms with Gasteiger partial charge >= 0.3 is 6.18 Å². The van der Waals surface area contributed by atoms with Crippen molar-refractivity contribution < 1.29 is 17.9 Å². The van der Waals surface area contributed by atoms with Crippen LogP contribution in [0, 0.1) is 0 Å². The van der Waals surface area contributed by atoms with E-state index >= 15 is 0 Å². The number of halogens is 3. The second-order valence-electron chi connectivity index (χ2n) is 9.76. The van der Waals surface area contributed by atoms with Crippen LogP contribution >= 0.6 is 0 Å². The quantitative estimate of drug-likeness (QED) is 0.269. The van der Waals surface area contributed by atoms with Gasteiger partial charge < -0.3 is 15.0 Å². The van der Waals surface area contributed by atoms with Gasteiger partial charge in [-0.15, -0.1) is 5.10 Å². The second kappa shape index (κ2) is 9.84. The van der Waals surface area contributed by atoms with Gasteiger partial charge in [0.15, 0.2) is 23.1 Å². The van der Waals surface area contributed by atoms with E-state index in [1.54, 1.807) is 39.4 Å². The molecular weight excluding hydrogens is 525 g/mol. The minimum atomic E-state index is -4.62. The third-order valence-corrected chi connectivity index (χ3v) is 6.55. The van der Waals surface area contributed by atoms with E-state index in [-0.39, 0.29) is 11.9 Å². The molecule has 1 aromatic carbocycles. The van der Waals surface area contributed by atoms with Gasteiger partial charge in [0.05, 0.1) is 19.1 Å². The standard InChI is InChI=1S/C26H25F3N10O/c1-13(2)39-23(37-25(38-39)26(27,28)29)16-6-4-14(5-7-16)10-30-21-19-22(33-11-32-19)36-20(35-21)17-18(15-8-9-15)31-12-34-24(17)40-3/h4-7,11-13,15H,8-10H2,1-3H3,(H2,30,32,33,35,36). The summed E-state index contributed by atoms with van der Waals surface area (Å²) in [6.07, 6.45) is 0.472. The van der Waals surface area contributed by atoms with Crippen LogP contribution in [-0.2, 0) is 12.7 Å².